The van der Waals surface area contributed by atoms with Gasteiger partial charge in [0.25, 0.3) is 0 Å². The second-order valence-electron chi connectivity index (χ2n) is 5.60. The van der Waals surface area contributed by atoms with Crippen LogP contribution in [0.5, 0.6) is 0 Å². The summed E-state index contributed by atoms with van der Waals surface area (Å²) in [4.78, 5) is 6.65. The Morgan fingerprint density at radius 2 is 2.12 bits per heavy atom. The topological polar surface area (TPSA) is 39.7 Å². The first kappa shape index (κ1) is 13.3. The number of nitrogens with zero attached hydrogens (tertiary/aromatic N) is 2. The highest BCUT2D eigenvalue weighted by Gasteiger charge is 2.21. The number of aliphatic imine (C=N–C) groups is 1. The predicted molar refractivity (Wildman–Crippen MR) is 69.9 cm³/mol. The predicted octanol–water partition coefficient (Wildman–Crippen LogP) is 1.04. The van der Waals surface area contributed by atoms with Crippen LogP contribution in [-0.4, -0.2) is 49.6 Å². The molecular weight excluding hydrogens is 200 g/mol. The lowest BCUT2D eigenvalue weighted by atomic mass is 10.1. The van der Waals surface area contributed by atoms with Crippen molar-refractivity contribution in [1.29, 1.82) is 0 Å². The highest BCUT2D eigenvalue weighted by Crippen LogP contribution is 2.13. The van der Waals surface area contributed by atoms with Gasteiger partial charge in [-0.3, -0.25) is 4.99 Å². The van der Waals surface area contributed by atoms with Crippen molar-refractivity contribution in [2.45, 2.75) is 45.2 Å². The fourth-order valence-corrected chi connectivity index (χ4v) is 1.99. The quantitative estimate of drug-likeness (QED) is 0.546. The summed E-state index contributed by atoms with van der Waals surface area (Å²) >= 11 is 0. The first-order valence-electron chi connectivity index (χ1n) is 6.11. The summed E-state index contributed by atoms with van der Waals surface area (Å²) in [6.45, 7) is 8.62. The second-order valence-corrected chi connectivity index (χ2v) is 5.60. The normalized spacial score (nSPS) is 23.6. The average molecular weight is 226 g/mol. The molecule has 1 saturated heterocycles. The van der Waals surface area contributed by atoms with E-state index in [1.807, 2.05) is 7.05 Å². The minimum Gasteiger partial charge on any atom is -0.355 e. The van der Waals surface area contributed by atoms with Crippen molar-refractivity contribution in [2.75, 3.05) is 27.2 Å². The largest absolute Gasteiger partial charge is 0.355 e. The maximum atomic E-state index is 4.24. The van der Waals surface area contributed by atoms with Gasteiger partial charge in [0.05, 0.1) is 0 Å². The minimum atomic E-state index is 0.0589. The molecule has 0 aliphatic carbocycles. The van der Waals surface area contributed by atoms with Crippen molar-refractivity contribution in [1.82, 2.24) is 15.5 Å². The minimum absolute atomic E-state index is 0.0589. The Balaban J connectivity index is 2.35. The number of hydrogen-bond donors (Lipinski definition) is 2. The summed E-state index contributed by atoms with van der Waals surface area (Å²) in [5, 5.41) is 6.76. The van der Waals surface area contributed by atoms with Crippen LogP contribution in [0, 0.1) is 0 Å². The van der Waals surface area contributed by atoms with Gasteiger partial charge in [0.15, 0.2) is 5.96 Å². The summed E-state index contributed by atoms with van der Waals surface area (Å²) in [5.41, 5.74) is 0.0589. The van der Waals surface area contributed by atoms with Crippen LogP contribution in [0.15, 0.2) is 4.99 Å². The molecule has 1 heterocycles. The Morgan fingerprint density at radius 1 is 1.44 bits per heavy atom. The molecule has 1 atom stereocenters. The van der Waals surface area contributed by atoms with E-state index in [0.717, 1.165) is 12.5 Å². The lowest BCUT2D eigenvalue weighted by molar-refractivity contribution is 0.309. The van der Waals surface area contributed by atoms with Gasteiger partial charge in [-0.25, -0.2) is 0 Å². The maximum Gasteiger partial charge on any atom is 0.191 e. The maximum absolute atomic E-state index is 4.24. The van der Waals surface area contributed by atoms with Gasteiger partial charge < -0.3 is 15.5 Å². The van der Waals surface area contributed by atoms with Gasteiger partial charge in [0, 0.05) is 25.2 Å². The van der Waals surface area contributed by atoms with E-state index in [-0.39, 0.29) is 5.54 Å². The van der Waals surface area contributed by atoms with Gasteiger partial charge in [-0.05, 0) is 47.2 Å². The molecule has 1 aliphatic rings. The van der Waals surface area contributed by atoms with Gasteiger partial charge in [-0.2, -0.15) is 0 Å². The van der Waals surface area contributed by atoms with E-state index < -0.39 is 0 Å². The highest BCUT2D eigenvalue weighted by molar-refractivity contribution is 5.80. The molecule has 1 fully saturated rings. The smallest absolute Gasteiger partial charge is 0.191 e. The first-order valence-corrected chi connectivity index (χ1v) is 6.11. The molecule has 0 spiro atoms. The molecule has 0 saturated carbocycles. The monoisotopic (exact) mass is 226 g/mol. The van der Waals surface area contributed by atoms with E-state index in [0.29, 0.717) is 6.04 Å². The van der Waals surface area contributed by atoms with E-state index in [2.05, 4.69) is 48.3 Å². The first-order chi connectivity index (χ1) is 7.42. The van der Waals surface area contributed by atoms with Crippen molar-refractivity contribution in [3.8, 4) is 0 Å². The van der Waals surface area contributed by atoms with E-state index in [9.17, 15) is 0 Å². The Morgan fingerprint density at radius 3 is 2.56 bits per heavy atom. The molecule has 0 aromatic heterocycles. The molecule has 0 bridgehead atoms. The van der Waals surface area contributed by atoms with Crippen LogP contribution in [-0.2, 0) is 0 Å². The number of hydrogen-bond acceptors (Lipinski definition) is 2. The van der Waals surface area contributed by atoms with Crippen LogP contribution < -0.4 is 10.6 Å². The summed E-state index contributed by atoms with van der Waals surface area (Å²) in [7, 11) is 4.01. The van der Waals surface area contributed by atoms with Crippen LogP contribution >= 0.6 is 0 Å². The zero-order valence-corrected chi connectivity index (χ0v) is 11.3. The van der Waals surface area contributed by atoms with Crippen molar-refractivity contribution in [3.05, 3.63) is 0 Å². The summed E-state index contributed by atoms with van der Waals surface area (Å²) in [5.74, 6) is 0.896. The zero-order chi connectivity index (χ0) is 12.2. The molecule has 16 heavy (non-hydrogen) atoms. The van der Waals surface area contributed by atoms with Crippen molar-refractivity contribution < 1.29 is 0 Å². The number of likely N-dealkylation sites (N-methyl/N-ethyl adjacent to an activating group) is 1. The van der Waals surface area contributed by atoms with Crippen LogP contribution in [0.1, 0.15) is 33.6 Å². The lowest BCUT2D eigenvalue weighted by Crippen LogP contribution is -2.50. The second kappa shape index (κ2) is 5.53. The number of guanidine groups is 1. The van der Waals surface area contributed by atoms with Gasteiger partial charge >= 0.3 is 0 Å². The van der Waals surface area contributed by atoms with Gasteiger partial charge in [-0.1, -0.05) is 0 Å². The molecule has 2 N–H and O–H groups in total. The van der Waals surface area contributed by atoms with Gasteiger partial charge in [-0.15, -0.1) is 0 Å². The fourth-order valence-electron chi connectivity index (χ4n) is 1.99. The number of likely N-dealkylation sites (tertiary alicyclic amines) is 1. The third-order valence-corrected chi connectivity index (χ3v) is 2.89. The van der Waals surface area contributed by atoms with Crippen molar-refractivity contribution >= 4 is 5.96 Å². The summed E-state index contributed by atoms with van der Waals surface area (Å²) < 4.78 is 0. The fraction of sp³-hybridized carbons (Fsp3) is 0.917. The molecule has 0 aromatic rings. The van der Waals surface area contributed by atoms with Crippen LogP contribution in [0.25, 0.3) is 0 Å². The van der Waals surface area contributed by atoms with Crippen LogP contribution in [0.3, 0.4) is 0 Å². The Labute approximate surface area is 99.5 Å². The third-order valence-electron chi connectivity index (χ3n) is 2.89. The van der Waals surface area contributed by atoms with Crippen LogP contribution in [0.2, 0.25) is 0 Å². The van der Waals surface area contributed by atoms with E-state index >= 15 is 0 Å². The SMILES string of the molecule is CN=C(NCC1CCCN1C)NC(C)(C)C. The number of nitrogens with one attached hydrogen (secondary N) is 2. The molecule has 1 unspecified atom stereocenters. The standard InChI is InChI=1S/C12H26N4/c1-12(2,3)15-11(13-4)14-9-10-7-6-8-16(10)5/h10H,6-9H2,1-5H3,(H2,13,14,15). The van der Waals surface area contributed by atoms with Crippen molar-refractivity contribution in [2.24, 2.45) is 4.99 Å². The lowest BCUT2D eigenvalue weighted by Gasteiger charge is -2.26. The Kier molecular flexibility index (Phi) is 4.59. The molecule has 94 valence electrons. The average Bonchev–Trinajstić information content (AvgIpc) is 2.57. The molecular formula is C12H26N4. The van der Waals surface area contributed by atoms with Crippen molar-refractivity contribution in [3.63, 3.8) is 0 Å². The van der Waals surface area contributed by atoms with E-state index in [4.69, 9.17) is 0 Å². The third kappa shape index (κ3) is 4.39. The number of rotatable bonds is 2. The van der Waals surface area contributed by atoms with Gasteiger partial charge in [0.1, 0.15) is 0 Å². The molecule has 1 rings (SSSR count). The van der Waals surface area contributed by atoms with E-state index in [1.165, 1.54) is 19.4 Å². The van der Waals surface area contributed by atoms with Crippen LogP contribution in [0.4, 0.5) is 0 Å². The molecule has 1 aliphatic heterocycles. The molecule has 4 heteroatoms. The summed E-state index contributed by atoms with van der Waals surface area (Å²) in [6.07, 6.45) is 2.60. The molecule has 4 nitrogen and oxygen atoms in total. The molecule has 0 amide bonds. The molecule has 0 radical (unpaired) electrons. The summed E-state index contributed by atoms with van der Waals surface area (Å²) in [6, 6.07) is 0.651. The molecule has 0 aromatic carbocycles. The van der Waals surface area contributed by atoms with E-state index in [1.54, 1.807) is 0 Å². The highest BCUT2D eigenvalue weighted by atomic mass is 15.2. The Hall–Kier alpha value is -0.770. The van der Waals surface area contributed by atoms with Gasteiger partial charge in [0.2, 0.25) is 0 Å². The zero-order valence-electron chi connectivity index (χ0n) is 11.3. The Bertz CT molecular complexity index is 242.